The van der Waals surface area contributed by atoms with Crippen LogP contribution in [-0.2, 0) is 5.41 Å². The zero-order valence-electron chi connectivity index (χ0n) is 9.07. The summed E-state index contributed by atoms with van der Waals surface area (Å²) in [4.78, 5) is 1.11. The number of nitrogen functional groups attached to an aromatic ring is 1. The van der Waals surface area contributed by atoms with Gasteiger partial charge in [-0.15, -0.1) is 11.3 Å². The minimum absolute atomic E-state index is 0.0551. The largest absolute Gasteiger partial charge is 0.367 e. The summed E-state index contributed by atoms with van der Waals surface area (Å²) in [6.45, 7) is 6.30. The molecule has 0 radical (unpaired) electrons. The third kappa shape index (κ3) is 1.77. The van der Waals surface area contributed by atoms with E-state index in [-0.39, 0.29) is 5.41 Å². The molecule has 3 nitrogen and oxygen atoms in total. The lowest BCUT2D eigenvalue weighted by molar-refractivity contribution is 0.405. The molecule has 0 aliphatic carbocycles. The van der Waals surface area contributed by atoms with Crippen LogP contribution in [0.3, 0.4) is 0 Å². The maximum Gasteiger partial charge on any atom is 0.231 e. The van der Waals surface area contributed by atoms with Crippen LogP contribution in [0.2, 0.25) is 0 Å². The van der Waals surface area contributed by atoms with E-state index in [4.69, 9.17) is 10.3 Å². The number of nitrogens with two attached hydrogens (primary N) is 1. The van der Waals surface area contributed by atoms with Crippen LogP contribution in [0, 0.1) is 0 Å². The Morgan fingerprint density at radius 3 is 2.67 bits per heavy atom. The van der Waals surface area contributed by atoms with Crippen LogP contribution < -0.4 is 5.73 Å². The first-order valence-corrected chi connectivity index (χ1v) is 5.67. The summed E-state index contributed by atoms with van der Waals surface area (Å²) in [5.74, 6) is 0.405. The van der Waals surface area contributed by atoms with E-state index >= 15 is 0 Å². The van der Waals surface area contributed by atoms with Crippen molar-refractivity contribution in [3.05, 3.63) is 23.2 Å². The van der Waals surface area contributed by atoms with E-state index in [1.165, 1.54) is 0 Å². The number of nitrogens with zero attached hydrogens (tertiary/aromatic N) is 1. The fourth-order valence-corrected chi connectivity index (χ4v) is 2.25. The molecule has 2 N–H and O–H groups in total. The zero-order valence-corrected chi connectivity index (χ0v) is 9.89. The molecule has 15 heavy (non-hydrogen) atoms. The average Bonchev–Trinajstić information content (AvgIpc) is 2.69. The fraction of sp³-hybridized carbons (Fsp3) is 0.364. The Labute approximate surface area is 92.9 Å². The van der Waals surface area contributed by atoms with Crippen molar-refractivity contribution >= 4 is 17.2 Å². The molecular weight excluding hydrogens is 208 g/mol. The SMILES string of the molecule is CC(C)(C)c1noc(N)c1-c1cccs1. The molecule has 0 atom stereocenters. The number of thiophene rings is 1. The molecular formula is C11H14N2OS. The van der Waals surface area contributed by atoms with Crippen molar-refractivity contribution in [1.82, 2.24) is 5.16 Å². The summed E-state index contributed by atoms with van der Waals surface area (Å²) in [6, 6.07) is 4.03. The van der Waals surface area contributed by atoms with Crippen molar-refractivity contribution in [2.45, 2.75) is 26.2 Å². The number of rotatable bonds is 1. The molecule has 0 spiro atoms. The average molecular weight is 222 g/mol. The Hall–Kier alpha value is -1.29. The fourth-order valence-electron chi connectivity index (χ4n) is 1.47. The van der Waals surface area contributed by atoms with Gasteiger partial charge in [-0.3, -0.25) is 0 Å². The monoisotopic (exact) mass is 222 g/mol. The topological polar surface area (TPSA) is 52.0 Å². The van der Waals surface area contributed by atoms with Gasteiger partial charge in [0.1, 0.15) is 0 Å². The summed E-state index contributed by atoms with van der Waals surface area (Å²) in [6.07, 6.45) is 0. The normalized spacial score (nSPS) is 11.9. The third-order valence-electron chi connectivity index (χ3n) is 2.20. The molecule has 0 saturated carbocycles. The minimum Gasteiger partial charge on any atom is -0.367 e. The van der Waals surface area contributed by atoms with Gasteiger partial charge in [0.05, 0.1) is 11.3 Å². The van der Waals surface area contributed by atoms with E-state index in [9.17, 15) is 0 Å². The summed E-state index contributed by atoms with van der Waals surface area (Å²) < 4.78 is 5.08. The molecule has 0 aromatic carbocycles. The van der Waals surface area contributed by atoms with Crippen LogP contribution in [0.15, 0.2) is 22.0 Å². The van der Waals surface area contributed by atoms with E-state index in [2.05, 4.69) is 25.9 Å². The summed E-state index contributed by atoms with van der Waals surface area (Å²) in [5, 5.41) is 6.07. The van der Waals surface area contributed by atoms with E-state index in [1.54, 1.807) is 11.3 Å². The molecule has 0 fully saturated rings. The Bertz CT molecular complexity index is 451. The van der Waals surface area contributed by atoms with E-state index in [1.807, 2.05) is 17.5 Å². The lowest BCUT2D eigenvalue weighted by Crippen LogP contribution is -2.12. The highest BCUT2D eigenvalue weighted by Crippen LogP contribution is 2.38. The molecule has 2 aromatic rings. The number of hydrogen-bond donors (Lipinski definition) is 1. The second-order valence-corrected chi connectivity index (χ2v) is 5.45. The van der Waals surface area contributed by atoms with Gasteiger partial charge in [0, 0.05) is 10.3 Å². The predicted octanol–water partition coefficient (Wildman–Crippen LogP) is 3.28. The molecule has 2 heterocycles. The van der Waals surface area contributed by atoms with Crippen molar-refractivity contribution in [2.24, 2.45) is 0 Å². The lowest BCUT2D eigenvalue weighted by Gasteiger charge is -2.15. The van der Waals surface area contributed by atoms with Gasteiger partial charge in [-0.1, -0.05) is 32.0 Å². The van der Waals surface area contributed by atoms with Crippen molar-refractivity contribution in [1.29, 1.82) is 0 Å². The Morgan fingerprint density at radius 2 is 2.13 bits per heavy atom. The standard InChI is InChI=1S/C11H14N2OS/c1-11(2,3)9-8(10(12)14-13-9)7-5-4-6-15-7/h4-6H,12H2,1-3H3. The molecule has 2 rings (SSSR count). The van der Waals surface area contributed by atoms with Crippen molar-refractivity contribution in [3.63, 3.8) is 0 Å². The second kappa shape index (κ2) is 3.38. The minimum atomic E-state index is -0.0551. The Kier molecular flexibility index (Phi) is 2.31. The summed E-state index contributed by atoms with van der Waals surface area (Å²) >= 11 is 1.65. The van der Waals surface area contributed by atoms with E-state index < -0.39 is 0 Å². The van der Waals surface area contributed by atoms with Crippen LogP contribution in [0.25, 0.3) is 10.4 Å². The van der Waals surface area contributed by atoms with Crippen LogP contribution >= 0.6 is 11.3 Å². The van der Waals surface area contributed by atoms with Crippen molar-refractivity contribution in [2.75, 3.05) is 5.73 Å². The van der Waals surface area contributed by atoms with Gasteiger partial charge in [-0.25, -0.2) is 0 Å². The number of anilines is 1. The highest BCUT2D eigenvalue weighted by Gasteiger charge is 2.26. The smallest absolute Gasteiger partial charge is 0.231 e. The predicted molar refractivity (Wildman–Crippen MR) is 62.9 cm³/mol. The van der Waals surface area contributed by atoms with E-state index in [0.717, 1.165) is 16.1 Å². The quantitative estimate of drug-likeness (QED) is 0.805. The van der Waals surface area contributed by atoms with Gasteiger partial charge in [0.15, 0.2) is 0 Å². The molecule has 80 valence electrons. The summed E-state index contributed by atoms with van der Waals surface area (Å²) in [5.41, 5.74) is 7.61. The zero-order chi connectivity index (χ0) is 11.1. The first-order chi connectivity index (χ1) is 7.00. The molecule has 0 aliphatic heterocycles. The highest BCUT2D eigenvalue weighted by atomic mass is 32.1. The number of hydrogen-bond acceptors (Lipinski definition) is 4. The van der Waals surface area contributed by atoms with Crippen LogP contribution in [-0.4, -0.2) is 5.16 Å². The maximum atomic E-state index is 5.81. The molecule has 4 heteroatoms. The first-order valence-electron chi connectivity index (χ1n) is 4.79. The molecule has 0 amide bonds. The Balaban J connectivity index is 2.60. The maximum absolute atomic E-state index is 5.81. The molecule has 2 aromatic heterocycles. The van der Waals surface area contributed by atoms with Gasteiger partial charge < -0.3 is 10.3 Å². The van der Waals surface area contributed by atoms with Crippen molar-refractivity contribution in [3.8, 4) is 10.4 Å². The Morgan fingerprint density at radius 1 is 1.40 bits per heavy atom. The number of aromatic nitrogens is 1. The van der Waals surface area contributed by atoms with Crippen LogP contribution in [0.4, 0.5) is 5.88 Å². The van der Waals surface area contributed by atoms with Crippen molar-refractivity contribution < 1.29 is 4.52 Å². The van der Waals surface area contributed by atoms with Crippen LogP contribution in [0.1, 0.15) is 26.5 Å². The van der Waals surface area contributed by atoms with Gasteiger partial charge in [-0.05, 0) is 11.4 Å². The molecule has 0 unspecified atom stereocenters. The molecule has 0 bridgehead atoms. The second-order valence-electron chi connectivity index (χ2n) is 4.50. The van der Waals surface area contributed by atoms with Gasteiger partial charge in [-0.2, -0.15) is 0 Å². The molecule has 0 saturated heterocycles. The molecule has 0 aliphatic rings. The van der Waals surface area contributed by atoms with Gasteiger partial charge in [0.2, 0.25) is 5.88 Å². The van der Waals surface area contributed by atoms with Gasteiger partial charge >= 0.3 is 0 Å². The van der Waals surface area contributed by atoms with Gasteiger partial charge in [0.25, 0.3) is 0 Å². The summed E-state index contributed by atoms with van der Waals surface area (Å²) in [7, 11) is 0. The van der Waals surface area contributed by atoms with E-state index in [0.29, 0.717) is 5.88 Å². The lowest BCUT2D eigenvalue weighted by atomic mass is 9.89. The highest BCUT2D eigenvalue weighted by molar-refractivity contribution is 7.13. The third-order valence-corrected chi connectivity index (χ3v) is 3.08. The van der Waals surface area contributed by atoms with Crippen LogP contribution in [0.5, 0.6) is 0 Å². The first kappa shape index (κ1) is 10.2.